The van der Waals surface area contributed by atoms with E-state index in [-0.39, 0.29) is 0 Å². The Kier molecular flexibility index (Phi) is 9.02. The summed E-state index contributed by atoms with van der Waals surface area (Å²) in [5.41, 5.74) is 8.04. The van der Waals surface area contributed by atoms with Crippen molar-refractivity contribution in [3.63, 3.8) is 0 Å². The van der Waals surface area contributed by atoms with Crippen LogP contribution in [0.2, 0.25) is 0 Å². The van der Waals surface area contributed by atoms with Crippen LogP contribution in [0.15, 0.2) is 115 Å². The molecule has 3 nitrogen and oxygen atoms in total. The van der Waals surface area contributed by atoms with Crippen LogP contribution in [0.5, 0.6) is 0 Å². The summed E-state index contributed by atoms with van der Waals surface area (Å²) >= 11 is 1.70. The highest BCUT2D eigenvalue weighted by atomic mass is 32.1. The average molecular weight is 536 g/mol. The van der Waals surface area contributed by atoms with E-state index in [1.165, 1.54) is 16.7 Å². The fourth-order valence-corrected chi connectivity index (χ4v) is 5.43. The SMILES string of the molecule is CC(F)Cc1ccc(NCc2ccc(CN(CCc3ccccc3)c3nc(-c4ccccc4)cs3)cc2)cc1. The number of hydrogen-bond donors (Lipinski definition) is 1. The number of nitrogens with zero attached hydrogens (tertiary/aromatic N) is 2. The van der Waals surface area contributed by atoms with Gasteiger partial charge in [-0.2, -0.15) is 0 Å². The highest BCUT2D eigenvalue weighted by Gasteiger charge is 2.13. The number of halogens is 1. The lowest BCUT2D eigenvalue weighted by Gasteiger charge is -2.22. The normalized spacial score (nSPS) is 11.7. The van der Waals surface area contributed by atoms with Crippen molar-refractivity contribution in [1.82, 2.24) is 4.98 Å². The van der Waals surface area contributed by atoms with E-state index in [1.54, 1.807) is 18.3 Å². The van der Waals surface area contributed by atoms with Gasteiger partial charge in [0.25, 0.3) is 0 Å². The number of rotatable bonds is 12. The molecule has 1 atom stereocenters. The molecule has 5 aromatic rings. The molecule has 1 N–H and O–H groups in total. The maximum Gasteiger partial charge on any atom is 0.186 e. The van der Waals surface area contributed by atoms with Gasteiger partial charge in [-0.3, -0.25) is 0 Å². The molecule has 5 rings (SSSR count). The quantitative estimate of drug-likeness (QED) is 0.173. The van der Waals surface area contributed by atoms with Crippen molar-refractivity contribution in [1.29, 1.82) is 0 Å². The second-order valence-electron chi connectivity index (χ2n) is 9.89. The van der Waals surface area contributed by atoms with Gasteiger partial charge < -0.3 is 10.2 Å². The van der Waals surface area contributed by atoms with Crippen molar-refractivity contribution in [2.75, 3.05) is 16.8 Å². The summed E-state index contributed by atoms with van der Waals surface area (Å²) in [6, 6.07) is 37.8. The number of hydrogen-bond acceptors (Lipinski definition) is 4. The molecule has 1 unspecified atom stereocenters. The van der Waals surface area contributed by atoms with E-state index >= 15 is 0 Å². The van der Waals surface area contributed by atoms with E-state index < -0.39 is 6.17 Å². The minimum atomic E-state index is -0.821. The van der Waals surface area contributed by atoms with E-state index in [4.69, 9.17) is 4.98 Å². The van der Waals surface area contributed by atoms with Crippen LogP contribution >= 0.6 is 11.3 Å². The van der Waals surface area contributed by atoms with Crippen LogP contribution in [0.1, 0.15) is 29.2 Å². The monoisotopic (exact) mass is 535 g/mol. The molecule has 5 heteroatoms. The van der Waals surface area contributed by atoms with Crippen molar-refractivity contribution in [3.05, 3.63) is 137 Å². The number of nitrogens with one attached hydrogen (secondary N) is 1. The minimum Gasteiger partial charge on any atom is -0.381 e. The average Bonchev–Trinajstić information content (AvgIpc) is 3.47. The lowest BCUT2D eigenvalue weighted by Crippen LogP contribution is -2.25. The third-order valence-corrected chi connectivity index (χ3v) is 7.61. The zero-order chi connectivity index (χ0) is 26.9. The molecule has 0 bridgehead atoms. The van der Waals surface area contributed by atoms with Gasteiger partial charge in [-0.1, -0.05) is 97.1 Å². The summed E-state index contributed by atoms with van der Waals surface area (Å²) in [4.78, 5) is 7.39. The van der Waals surface area contributed by atoms with Crippen LogP contribution in [0.25, 0.3) is 11.3 Å². The summed E-state index contributed by atoms with van der Waals surface area (Å²) in [6.07, 6.45) is 0.600. The molecule has 4 aromatic carbocycles. The summed E-state index contributed by atoms with van der Waals surface area (Å²) in [6.45, 7) is 4.03. The summed E-state index contributed by atoms with van der Waals surface area (Å²) in [5.74, 6) is 0. The number of aromatic nitrogens is 1. The Bertz CT molecular complexity index is 1420. The minimum absolute atomic E-state index is 0.457. The Morgan fingerprint density at radius 2 is 1.41 bits per heavy atom. The van der Waals surface area contributed by atoms with Crippen LogP contribution in [-0.4, -0.2) is 17.7 Å². The van der Waals surface area contributed by atoms with Crippen LogP contribution < -0.4 is 10.2 Å². The van der Waals surface area contributed by atoms with Crippen molar-refractivity contribution < 1.29 is 4.39 Å². The standard InChI is InChI=1S/C34H34FN3S/c1-26(35)22-28-16-18-32(19-17-28)36-23-29-12-14-30(15-13-29)24-38(21-20-27-8-4-2-5-9-27)34-37-33(25-39-34)31-10-6-3-7-11-31/h2-19,25-26,36H,20-24H2,1H3. The molecule has 0 aliphatic carbocycles. The van der Waals surface area contributed by atoms with Gasteiger partial charge in [-0.05, 0) is 47.7 Å². The molecule has 0 saturated carbocycles. The molecule has 1 aromatic heterocycles. The fraction of sp³-hybridized carbons (Fsp3) is 0.206. The Hall–Kier alpha value is -3.96. The molecule has 0 amide bonds. The summed E-state index contributed by atoms with van der Waals surface area (Å²) < 4.78 is 13.2. The Morgan fingerprint density at radius 1 is 0.769 bits per heavy atom. The molecule has 1 heterocycles. The molecule has 198 valence electrons. The lowest BCUT2D eigenvalue weighted by molar-refractivity contribution is 0.360. The van der Waals surface area contributed by atoms with Crippen LogP contribution in [-0.2, 0) is 25.9 Å². The first kappa shape index (κ1) is 26.6. The largest absolute Gasteiger partial charge is 0.381 e. The van der Waals surface area contributed by atoms with Crippen molar-refractivity contribution in [3.8, 4) is 11.3 Å². The van der Waals surface area contributed by atoms with Gasteiger partial charge in [0.2, 0.25) is 0 Å². The maximum atomic E-state index is 13.2. The van der Waals surface area contributed by atoms with E-state index in [0.29, 0.717) is 6.42 Å². The zero-order valence-electron chi connectivity index (χ0n) is 22.3. The van der Waals surface area contributed by atoms with Crippen LogP contribution in [0.4, 0.5) is 15.2 Å². The summed E-state index contributed by atoms with van der Waals surface area (Å²) in [7, 11) is 0. The molecule has 0 saturated heterocycles. The van der Waals surface area contributed by atoms with Gasteiger partial charge in [0, 0.05) is 42.7 Å². The third-order valence-electron chi connectivity index (χ3n) is 6.71. The third kappa shape index (κ3) is 7.78. The Morgan fingerprint density at radius 3 is 2.10 bits per heavy atom. The Labute approximate surface area is 235 Å². The smallest absolute Gasteiger partial charge is 0.186 e. The number of benzene rings is 4. The first-order valence-electron chi connectivity index (χ1n) is 13.5. The van der Waals surface area contributed by atoms with Gasteiger partial charge in [0.1, 0.15) is 6.17 Å². The molecule has 0 aliphatic rings. The second kappa shape index (κ2) is 13.2. The zero-order valence-corrected chi connectivity index (χ0v) is 23.1. The molecule has 0 aliphatic heterocycles. The van der Waals surface area contributed by atoms with Gasteiger partial charge >= 0.3 is 0 Å². The van der Waals surface area contributed by atoms with Crippen LogP contribution in [0, 0.1) is 0 Å². The van der Waals surface area contributed by atoms with E-state index in [0.717, 1.165) is 53.7 Å². The van der Waals surface area contributed by atoms with Crippen LogP contribution in [0.3, 0.4) is 0 Å². The molecule has 0 radical (unpaired) electrons. The lowest BCUT2D eigenvalue weighted by atomic mass is 10.1. The molecule has 0 fully saturated rings. The van der Waals surface area contributed by atoms with Crippen molar-refractivity contribution >= 4 is 22.2 Å². The molecular formula is C34H34FN3S. The van der Waals surface area contributed by atoms with E-state index in [1.807, 2.05) is 30.3 Å². The fourth-order valence-electron chi connectivity index (χ4n) is 4.57. The summed E-state index contributed by atoms with van der Waals surface area (Å²) in [5, 5.41) is 6.67. The van der Waals surface area contributed by atoms with Gasteiger partial charge in [0.15, 0.2) is 5.13 Å². The second-order valence-corrected chi connectivity index (χ2v) is 10.7. The van der Waals surface area contributed by atoms with Gasteiger partial charge in [0.05, 0.1) is 5.69 Å². The molecule has 39 heavy (non-hydrogen) atoms. The first-order valence-corrected chi connectivity index (χ1v) is 14.3. The predicted molar refractivity (Wildman–Crippen MR) is 163 cm³/mol. The number of alkyl halides is 1. The van der Waals surface area contributed by atoms with Crippen molar-refractivity contribution in [2.45, 2.75) is 39.0 Å². The van der Waals surface area contributed by atoms with Gasteiger partial charge in [-0.25, -0.2) is 9.37 Å². The topological polar surface area (TPSA) is 28.2 Å². The van der Waals surface area contributed by atoms with Crippen molar-refractivity contribution in [2.24, 2.45) is 0 Å². The molecular weight excluding hydrogens is 501 g/mol. The highest BCUT2D eigenvalue weighted by molar-refractivity contribution is 7.14. The number of anilines is 2. The number of thiazole rings is 1. The van der Waals surface area contributed by atoms with E-state index in [9.17, 15) is 4.39 Å². The Balaban J connectivity index is 1.24. The van der Waals surface area contributed by atoms with Gasteiger partial charge in [-0.15, -0.1) is 11.3 Å². The van der Waals surface area contributed by atoms with E-state index in [2.05, 4.69) is 94.5 Å². The molecule has 0 spiro atoms. The highest BCUT2D eigenvalue weighted by Crippen LogP contribution is 2.29. The first-order chi connectivity index (χ1) is 19.1. The predicted octanol–water partition coefficient (Wildman–Crippen LogP) is 8.57. The maximum absolute atomic E-state index is 13.2.